The number of aliphatic hydroxyl groups is 1. The number of ether oxygens (including phenoxy) is 3. The van der Waals surface area contributed by atoms with E-state index in [9.17, 15) is 19.1 Å². The van der Waals surface area contributed by atoms with Crippen LogP contribution in [-0.2, 0) is 25.6 Å². The highest BCUT2D eigenvalue weighted by Gasteiger charge is 2.46. The fourth-order valence-corrected chi connectivity index (χ4v) is 5.29. The van der Waals surface area contributed by atoms with Gasteiger partial charge >= 0.3 is 0 Å². The highest BCUT2D eigenvalue weighted by molar-refractivity contribution is 5.92. The Kier molecular flexibility index (Phi) is 7.50. The van der Waals surface area contributed by atoms with Crippen LogP contribution in [-0.4, -0.2) is 55.1 Å². The lowest BCUT2D eigenvalue weighted by atomic mass is 9.84. The lowest BCUT2D eigenvalue weighted by molar-refractivity contribution is -0.142. The molecule has 8 nitrogen and oxygen atoms in total. The minimum Gasteiger partial charge on any atom is -0.487 e. The zero-order valence-corrected chi connectivity index (χ0v) is 20.0. The van der Waals surface area contributed by atoms with E-state index in [4.69, 9.17) is 14.2 Å². The Morgan fingerprint density at radius 1 is 1.11 bits per heavy atom. The highest BCUT2D eigenvalue weighted by atomic mass is 19.1. The van der Waals surface area contributed by atoms with Crippen molar-refractivity contribution in [3.63, 3.8) is 0 Å². The van der Waals surface area contributed by atoms with Gasteiger partial charge < -0.3 is 30.0 Å². The second-order valence-corrected chi connectivity index (χ2v) is 9.60. The topological polar surface area (TPSA) is 106 Å². The van der Waals surface area contributed by atoms with Gasteiger partial charge in [-0.25, -0.2) is 4.39 Å². The van der Waals surface area contributed by atoms with Crippen LogP contribution in [0.3, 0.4) is 0 Å². The molecule has 4 atom stereocenters. The fourth-order valence-electron chi connectivity index (χ4n) is 5.29. The molecule has 0 radical (unpaired) electrons. The number of carbonyl (C=O) groups excluding carboxylic acids is 2. The average molecular weight is 499 g/mol. The van der Waals surface area contributed by atoms with Crippen molar-refractivity contribution in [2.75, 3.05) is 25.1 Å². The van der Waals surface area contributed by atoms with E-state index in [1.165, 1.54) is 6.07 Å². The number of halogens is 1. The van der Waals surface area contributed by atoms with Gasteiger partial charge in [0.2, 0.25) is 11.8 Å². The molecule has 2 fully saturated rings. The molecule has 5 rings (SSSR count). The van der Waals surface area contributed by atoms with Gasteiger partial charge in [0.25, 0.3) is 0 Å². The van der Waals surface area contributed by atoms with Crippen LogP contribution >= 0.6 is 0 Å². The number of rotatable bonds is 7. The Balaban J connectivity index is 1.24. The predicted molar refractivity (Wildman–Crippen MR) is 129 cm³/mol. The van der Waals surface area contributed by atoms with E-state index in [0.29, 0.717) is 49.5 Å². The van der Waals surface area contributed by atoms with Crippen LogP contribution in [0.25, 0.3) is 0 Å². The SMILES string of the molecule is O=C(C[C@H]1C[C@@H]2c3cc(NC(=O)C4CCOCC4)ccc3O[C@@H]2[C@H](CO)O1)NCc1ccccc1F. The van der Waals surface area contributed by atoms with Crippen molar-refractivity contribution in [3.8, 4) is 5.75 Å². The van der Waals surface area contributed by atoms with Crippen molar-refractivity contribution in [2.45, 2.75) is 56.5 Å². The molecule has 3 heterocycles. The Morgan fingerprint density at radius 3 is 2.69 bits per heavy atom. The van der Waals surface area contributed by atoms with E-state index in [2.05, 4.69) is 10.6 Å². The molecular weight excluding hydrogens is 467 g/mol. The van der Waals surface area contributed by atoms with Crippen molar-refractivity contribution < 1.29 is 33.3 Å². The molecule has 3 aliphatic rings. The molecule has 0 bridgehead atoms. The Hall–Kier alpha value is -3.01. The molecule has 9 heteroatoms. The monoisotopic (exact) mass is 498 g/mol. The summed E-state index contributed by atoms with van der Waals surface area (Å²) in [6.45, 7) is 1.04. The number of fused-ring (bicyclic) bond motifs is 3. The van der Waals surface area contributed by atoms with Gasteiger partial charge in [0.15, 0.2) is 0 Å². The lowest BCUT2D eigenvalue weighted by Gasteiger charge is -2.37. The van der Waals surface area contributed by atoms with Crippen LogP contribution in [0, 0.1) is 11.7 Å². The van der Waals surface area contributed by atoms with Gasteiger partial charge in [0, 0.05) is 48.4 Å². The number of hydrogen-bond acceptors (Lipinski definition) is 6. The van der Waals surface area contributed by atoms with Gasteiger partial charge in [0.05, 0.1) is 19.1 Å². The van der Waals surface area contributed by atoms with Crippen LogP contribution in [0.15, 0.2) is 42.5 Å². The molecule has 2 amide bonds. The van der Waals surface area contributed by atoms with Gasteiger partial charge in [-0.3, -0.25) is 9.59 Å². The minimum atomic E-state index is -0.583. The highest BCUT2D eigenvalue weighted by Crippen LogP contribution is 2.47. The summed E-state index contributed by atoms with van der Waals surface area (Å²) in [4.78, 5) is 25.3. The van der Waals surface area contributed by atoms with Gasteiger partial charge in [0.1, 0.15) is 23.8 Å². The first-order chi connectivity index (χ1) is 17.5. The van der Waals surface area contributed by atoms with Crippen LogP contribution in [0.2, 0.25) is 0 Å². The van der Waals surface area contributed by atoms with Gasteiger partial charge in [-0.05, 0) is 43.5 Å². The number of amides is 2. The largest absolute Gasteiger partial charge is 0.487 e. The molecule has 0 saturated carbocycles. The smallest absolute Gasteiger partial charge is 0.227 e. The minimum absolute atomic E-state index is 0.0154. The normalized spacial score (nSPS) is 25.4. The molecule has 0 unspecified atom stereocenters. The second kappa shape index (κ2) is 10.9. The molecule has 2 aromatic carbocycles. The fraction of sp³-hybridized carbons (Fsp3) is 0.481. The lowest BCUT2D eigenvalue weighted by Crippen LogP contribution is -2.47. The summed E-state index contributed by atoms with van der Waals surface area (Å²) in [6.07, 6.45) is 0.646. The number of benzene rings is 2. The molecule has 0 spiro atoms. The molecule has 2 aromatic rings. The summed E-state index contributed by atoms with van der Waals surface area (Å²) in [6, 6.07) is 11.9. The average Bonchev–Trinajstić information content (AvgIpc) is 3.26. The van der Waals surface area contributed by atoms with E-state index in [1.54, 1.807) is 18.2 Å². The summed E-state index contributed by atoms with van der Waals surface area (Å²) in [5.41, 5.74) is 2.04. The maximum absolute atomic E-state index is 13.9. The summed E-state index contributed by atoms with van der Waals surface area (Å²) in [5.74, 6) is -0.0938. The number of aliphatic hydroxyl groups excluding tert-OH is 1. The van der Waals surface area contributed by atoms with Crippen molar-refractivity contribution in [3.05, 3.63) is 59.4 Å². The third kappa shape index (κ3) is 5.38. The van der Waals surface area contributed by atoms with Crippen molar-refractivity contribution in [2.24, 2.45) is 5.92 Å². The van der Waals surface area contributed by atoms with Crippen molar-refractivity contribution in [1.82, 2.24) is 5.32 Å². The molecule has 36 heavy (non-hydrogen) atoms. The van der Waals surface area contributed by atoms with Crippen molar-refractivity contribution in [1.29, 1.82) is 0 Å². The molecular formula is C27H31FN2O6. The van der Waals surface area contributed by atoms with E-state index >= 15 is 0 Å². The van der Waals surface area contributed by atoms with Crippen LogP contribution < -0.4 is 15.4 Å². The number of nitrogens with one attached hydrogen (secondary N) is 2. The molecule has 3 N–H and O–H groups in total. The van der Waals surface area contributed by atoms with Crippen LogP contribution in [0.5, 0.6) is 5.75 Å². The maximum Gasteiger partial charge on any atom is 0.227 e. The summed E-state index contributed by atoms with van der Waals surface area (Å²) in [7, 11) is 0. The Morgan fingerprint density at radius 2 is 1.92 bits per heavy atom. The second-order valence-electron chi connectivity index (χ2n) is 9.60. The van der Waals surface area contributed by atoms with E-state index < -0.39 is 12.2 Å². The number of hydrogen-bond donors (Lipinski definition) is 3. The van der Waals surface area contributed by atoms with Crippen molar-refractivity contribution >= 4 is 17.5 Å². The third-order valence-corrected chi connectivity index (χ3v) is 7.21. The maximum atomic E-state index is 13.9. The molecule has 192 valence electrons. The number of anilines is 1. The first kappa shape index (κ1) is 24.7. The Labute approximate surface area is 209 Å². The quantitative estimate of drug-likeness (QED) is 0.542. The predicted octanol–water partition coefficient (Wildman–Crippen LogP) is 2.89. The van der Waals surface area contributed by atoms with Gasteiger partial charge in [-0.1, -0.05) is 18.2 Å². The third-order valence-electron chi connectivity index (χ3n) is 7.21. The zero-order chi connectivity index (χ0) is 25.1. The summed E-state index contributed by atoms with van der Waals surface area (Å²) < 4.78 is 31.3. The molecule has 0 aliphatic carbocycles. The van der Waals surface area contributed by atoms with Gasteiger partial charge in [-0.15, -0.1) is 0 Å². The van der Waals surface area contributed by atoms with E-state index in [1.807, 2.05) is 18.2 Å². The van der Waals surface area contributed by atoms with Crippen LogP contribution in [0.1, 0.15) is 42.7 Å². The van der Waals surface area contributed by atoms with E-state index in [-0.39, 0.29) is 55.1 Å². The molecule has 2 saturated heterocycles. The summed E-state index contributed by atoms with van der Waals surface area (Å²) >= 11 is 0. The first-order valence-electron chi connectivity index (χ1n) is 12.5. The summed E-state index contributed by atoms with van der Waals surface area (Å²) in [5, 5.41) is 15.7. The zero-order valence-electron chi connectivity index (χ0n) is 20.0. The Bertz CT molecular complexity index is 1110. The van der Waals surface area contributed by atoms with Crippen LogP contribution in [0.4, 0.5) is 10.1 Å². The van der Waals surface area contributed by atoms with Gasteiger partial charge in [-0.2, -0.15) is 0 Å². The standard InChI is InChI=1S/C27H31FN2O6/c28-22-4-2-1-3-17(22)14-29-25(32)13-19-12-21-20-11-18(30-27(33)16-7-9-34-10-8-16)5-6-23(20)36-26(21)24(15-31)35-19/h1-6,11,16,19,21,24,26,31H,7-10,12-15H2,(H,29,32)(H,30,33)/t19-,21-,24+,26+/m1/s1. The first-order valence-corrected chi connectivity index (χ1v) is 12.5. The van der Waals surface area contributed by atoms with E-state index in [0.717, 1.165) is 5.56 Å². The molecule has 0 aromatic heterocycles. The number of carbonyl (C=O) groups is 2. The molecule has 3 aliphatic heterocycles.